The van der Waals surface area contributed by atoms with Crippen LogP contribution in [0.1, 0.15) is 11.5 Å². The van der Waals surface area contributed by atoms with Crippen molar-refractivity contribution in [1.29, 1.82) is 0 Å². The molecule has 1 saturated heterocycles. The van der Waals surface area contributed by atoms with E-state index in [0.29, 0.717) is 0 Å². The Morgan fingerprint density at radius 2 is 1.93 bits per heavy atom. The highest BCUT2D eigenvalue weighted by atomic mass is 32.2. The summed E-state index contributed by atoms with van der Waals surface area (Å²) in [6, 6.07) is 5.81. The van der Waals surface area contributed by atoms with Gasteiger partial charge in [0, 0.05) is 5.92 Å². The fourth-order valence-electron chi connectivity index (χ4n) is 1.46. The second-order valence-corrected chi connectivity index (χ2v) is 4.94. The van der Waals surface area contributed by atoms with Crippen molar-refractivity contribution < 1.29 is 17.0 Å². The minimum Gasteiger partial charge on any atom is -0.269 e. The van der Waals surface area contributed by atoms with Crippen LogP contribution in [0.3, 0.4) is 0 Å². The summed E-state index contributed by atoms with van der Waals surface area (Å²) in [5.74, 6) is -0.505. The molecule has 3 nitrogen and oxygen atoms in total. The van der Waals surface area contributed by atoms with Gasteiger partial charge >= 0.3 is 0 Å². The smallest absolute Gasteiger partial charge is 0.268 e. The lowest BCUT2D eigenvalue weighted by Gasteiger charge is -2.04. The van der Waals surface area contributed by atoms with E-state index in [-0.39, 0.29) is 24.1 Å². The second-order valence-electron chi connectivity index (χ2n) is 3.26. The van der Waals surface area contributed by atoms with Gasteiger partial charge in [-0.3, -0.25) is 4.18 Å². The fourth-order valence-corrected chi connectivity index (χ4v) is 2.71. The minimum atomic E-state index is -3.35. The van der Waals surface area contributed by atoms with Gasteiger partial charge in [-0.2, -0.15) is 8.42 Å². The largest absolute Gasteiger partial charge is 0.269 e. The van der Waals surface area contributed by atoms with E-state index in [9.17, 15) is 12.8 Å². The molecule has 1 aliphatic rings. The molecule has 5 heteroatoms. The molecule has 0 N–H and O–H groups in total. The van der Waals surface area contributed by atoms with E-state index in [1.54, 1.807) is 12.1 Å². The first kappa shape index (κ1) is 9.61. The van der Waals surface area contributed by atoms with Crippen LogP contribution in [0, 0.1) is 5.82 Å². The number of hydrogen-bond donors (Lipinski definition) is 0. The molecule has 0 spiro atoms. The molecule has 2 rings (SSSR count). The Morgan fingerprint density at radius 1 is 1.29 bits per heavy atom. The fraction of sp³-hybridized carbons (Fsp3) is 0.333. The maximum absolute atomic E-state index is 12.6. The Bertz CT molecular complexity index is 424. The van der Waals surface area contributed by atoms with Crippen molar-refractivity contribution in [3.63, 3.8) is 0 Å². The summed E-state index contributed by atoms with van der Waals surface area (Å²) >= 11 is 0. The van der Waals surface area contributed by atoms with Crippen molar-refractivity contribution >= 4 is 10.1 Å². The van der Waals surface area contributed by atoms with Crippen molar-refractivity contribution in [2.45, 2.75) is 5.92 Å². The molecule has 0 bridgehead atoms. The molecular weight excluding hydrogens is 207 g/mol. The van der Waals surface area contributed by atoms with Crippen molar-refractivity contribution in [3.8, 4) is 0 Å². The van der Waals surface area contributed by atoms with Crippen LogP contribution in [0.5, 0.6) is 0 Å². The zero-order valence-electron chi connectivity index (χ0n) is 7.31. The maximum atomic E-state index is 12.6. The topological polar surface area (TPSA) is 43.4 Å². The summed E-state index contributed by atoms with van der Waals surface area (Å²) in [5.41, 5.74) is 0.799. The van der Waals surface area contributed by atoms with E-state index in [0.717, 1.165) is 5.56 Å². The van der Waals surface area contributed by atoms with Crippen LogP contribution in [0.2, 0.25) is 0 Å². The molecular formula is C9H9FO3S. The number of halogens is 1. The van der Waals surface area contributed by atoms with Crippen molar-refractivity contribution in [2.75, 3.05) is 12.4 Å². The zero-order chi connectivity index (χ0) is 10.2. The molecule has 0 saturated carbocycles. The normalized spacial score (nSPS) is 25.1. The van der Waals surface area contributed by atoms with Crippen LogP contribution >= 0.6 is 0 Å². The highest BCUT2D eigenvalue weighted by Crippen LogP contribution is 2.25. The third-order valence-corrected chi connectivity index (χ3v) is 3.50. The van der Waals surface area contributed by atoms with E-state index in [1.807, 2.05) is 0 Å². The molecule has 1 aliphatic heterocycles. The Hall–Kier alpha value is -0.940. The number of hydrogen-bond acceptors (Lipinski definition) is 3. The molecule has 76 valence electrons. The molecule has 1 fully saturated rings. The predicted molar refractivity (Wildman–Crippen MR) is 48.9 cm³/mol. The van der Waals surface area contributed by atoms with Gasteiger partial charge in [-0.15, -0.1) is 0 Å². The van der Waals surface area contributed by atoms with Gasteiger partial charge in [-0.1, -0.05) is 12.1 Å². The standard InChI is InChI=1S/C9H9FO3S/c10-9-3-1-7(2-4-9)8-5-13-14(11,12)6-8/h1-4,8H,5-6H2/t8-/m1/s1. The molecule has 1 atom stereocenters. The molecule has 1 heterocycles. The van der Waals surface area contributed by atoms with Gasteiger partial charge in [0.25, 0.3) is 10.1 Å². The molecule has 1 aromatic carbocycles. The summed E-state index contributed by atoms with van der Waals surface area (Å²) in [4.78, 5) is 0. The van der Waals surface area contributed by atoms with Gasteiger partial charge in [-0.25, -0.2) is 4.39 Å². The molecule has 0 aliphatic carbocycles. The van der Waals surface area contributed by atoms with E-state index in [1.165, 1.54) is 12.1 Å². The van der Waals surface area contributed by atoms with Crippen molar-refractivity contribution in [3.05, 3.63) is 35.6 Å². The van der Waals surface area contributed by atoms with E-state index >= 15 is 0 Å². The lowest BCUT2D eigenvalue weighted by molar-refractivity contribution is 0.340. The third-order valence-electron chi connectivity index (χ3n) is 2.20. The maximum Gasteiger partial charge on any atom is 0.268 e. The lowest BCUT2D eigenvalue weighted by Crippen LogP contribution is -2.03. The summed E-state index contributed by atoms with van der Waals surface area (Å²) in [6.45, 7) is 0.161. The van der Waals surface area contributed by atoms with Gasteiger partial charge in [0.2, 0.25) is 0 Å². The van der Waals surface area contributed by atoms with Crippen molar-refractivity contribution in [1.82, 2.24) is 0 Å². The van der Waals surface area contributed by atoms with Crippen LogP contribution in [0.4, 0.5) is 4.39 Å². The Balaban J connectivity index is 2.22. The van der Waals surface area contributed by atoms with Gasteiger partial charge in [0.1, 0.15) is 5.82 Å². The number of rotatable bonds is 1. The van der Waals surface area contributed by atoms with Gasteiger partial charge < -0.3 is 0 Å². The molecule has 0 aromatic heterocycles. The average molecular weight is 216 g/mol. The molecule has 1 aromatic rings. The summed E-state index contributed by atoms with van der Waals surface area (Å²) in [6.07, 6.45) is 0. The van der Waals surface area contributed by atoms with Gasteiger partial charge in [0.15, 0.2) is 0 Å². The first-order valence-corrected chi connectivity index (χ1v) is 5.77. The van der Waals surface area contributed by atoms with Crippen LogP contribution in [-0.2, 0) is 14.3 Å². The van der Waals surface area contributed by atoms with Gasteiger partial charge in [-0.05, 0) is 17.7 Å². The lowest BCUT2D eigenvalue weighted by atomic mass is 10.0. The molecule has 0 amide bonds. The third kappa shape index (κ3) is 1.93. The Labute approximate surface area is 81.6 Å². The van der Waals surface area contributed by atoms with Crippen LogP contribution < -0.4 is 0 Å². The van der Waals surface area contributed by atoms with E-state index in [4.69, 9.17) is 0 Å². The van der Waals surface area contributed by atoms with Crippen molar-refractivity contribution in [2.24, 2.45) is 0 Å². The van der Waals surface area contributed by atoms with Gasteiger partial charge in [0.05, 0.1) is 12.4 Å². The summed E-state index contributed by atoms with van der Waals surface area (Å²) in [5, 5.41) is 0. The summed E-state index contributed by atoms with van der Waals surface area (Å²) < 4.78 is 39.2. The Kier molecular flexibility index (Phi) is 2.28. The van der Waals surface area contributed by atoms with Crippen LogP contribution in [-0.4, -0.2) is 20.8 Å². The van der Waals surface area contributed by atoms with E-state index in [2.05, 4.69) is 4.18 Å². The first-order chi connectivity index (χ1) is 6.57. The predicted octanol–water partition coefficient (Wildman–Crippen LogP) is 1.27. The number of benzene rings is 1. The quantitative estimate of drug-likeness (QED) is 0.664. The minimum absolute atomic E-state index is 0.0152. The molecule has 0 radical (unpaired) electrons. The molecule has 14 heavy (non-hydrogen) atoms. The summed E-state index contributed by atoms with van der Waals surface area (Å²) in [7, 11) is -3.35. The van der Waals surface area contributed by atoms with Crippen LogP contribution in [0.25, 0.3) is 0 Å². The van der Waals surface area contributed by atoms with E-state index < -0.39 is 10.1 Å². The highest BCUT2D eigenvalue weighted by molar-refractivity contribution is 7.87. The SMILES string of the molecule is O=S1(=O)C[C@H](c2ccc(F)cc2)CO1. The average Bonchev–Trinajstić information content (AvgIpc) is 2.47. The highest BCUT2D eigenvalue weighted by Gasteiger charge is 2.29. The zero-order valence-corrected chi connectivity index (χ0v) is 8.13. The first-order valence-electron chi connectivity index (χ1n) is 4.19. The Morgan fingerprint density at radius 3 is 2.43 bits per heavy atom. The van der Waals surface area contributed by atoms with Crippen LogP contribution in [0.15, 0.2) is 24.3 Å². The second kappa shape index (κ2) is 3.33. The monoisotopic (exact) mass is 216 g/mol. The molecule has 0 unspecified atom stereocenters.